The number of carbonyl (C=O) groups is 1. The molecule has 0 bridgehead atoms. The van der Waals surface area contributed by atoms with E-state index in [1.807, 2.05) is 6.07 Å². The van der Waals surface area contributed by atoms with Gasteiger partial charge in [0.25, 0.3) is 10.0 Å². The number of furan rings is 1. The van der Waals surface area contributed by atoms with E-state index in [0.717, 1.165) is 0 Å². The number of para-hydroxylation sites is 2. The fourth-order valence-electron chi connectivity index (χ4n) is 2.21. The number of hydrogen-bond donors (Lipinski definition) is 2. The van der Waals surface area contributed by atoms with Crippen molar-refractivity contribution in [2.24, 2.45) is 0 Å². The van der Waals surface area contributed by atoms with Crippen LogP contribution in [0.5, 0.6) is 0 Å². The summed E-state index contributed by atoms with van der Waals surface area (Å²) >= 11 is 0. The van der Waals surface area contributed by atoms with Crippen LogP contribution >= 0.6 is 0 Å². The molecule has 6 nitrogen and oxygen atoms in total. The fourth-order valence-corrected chi connectivity index (χ4v) is 3.38. The first-order valence-electron chi connectivity index (χ1n) is 7.32. The zero-order chi connectivity index (χ0) is 17.2. The predicted molar refractivity (Wildman–Crippen MR) is 91.1 cm³/mol. The van der Waals surface area contributed by atoms with Crippen LogP contribution in [0.1, 0.15) is 6.92 Å². The topological polar surface area (TPSA) is 88.4 Å². The van der Waals surface area contributed by atoms with Crippen LogP contribution in [0.15, 0.2) is 70.2 Å². The molecular weight excluding hydrogens is 328 g/mol. The highest BCUT2D eigenvalue weighted by atomic mass is 32.2. The van der Waals surface area contributed by atoms with Crippen molar-refractivity contribution in [2.45, 2.75) is 18.1 Å². The van der Waals surface area contributed by atoms with Gasteiger partial charge in [-0.05, 0) is 25.1 Å². The minimum atomic E-state index is -3.94. The Hall–Kier alpha value is -2.64. The van der Waals surface area contributed by atoms with E-state index in [9.17, 15) is 13.2 Å². The number of fused-ring (bicyclic) bond motifs is 1. The lowest BCUT2D eigenvalue weighted by atomic mass is 10.3. The van der Waals surface area contributed by atoms with Crippen LogP contribution in [-0.4, -0.2) is 20.4 Å². The Bertz CT molecular complexity index is 931. The third-order valence-electron chi connectivity index (χ3n) is 3.43. The molecule has 0 spiro atoms. The van der Waals surface area contributed by atoms with Gasteiger partial charge in [-0.3, -0.25) is 4.79 Å². The molecule has 0 saturated carbocycles. The standard InChI is InChI=1S/C17H16N2O4S/c1-12(17(20)18-14-8-3-2-4-9-14)19-24(21,22)16-11-13-7-5-6-10-15(13)23-16/h2-12,19H,1H3,(H,18,20). The Balaban J connectivity index is 1.74. The maximum Gasteiger partial charge on any atom is 0.274 e. The molecule has 0 aliphatic carbocycles. The molecule has 3 rings (SSSR count). The van der Waals surface area contributed by atoms with Gasteiger partial charge in [0.15, 0.2) is 0 Å². The van der Waals surface area contributed by atoms with E-state index in [0.29, 0.717) is 16.7 Å². The molecule has 124 valence electrons. The number of nitrogens with one attached hydrogen (secondary N) is 2. The Morgan fingerprint density at radius 3 is 2.42 bits per heavy atom. The lowest BCUT2D eigenvalue weighted by Crippen LogP contribution is -2.41. The number of rotatable bonds is 5. The van der Waals surface area contributed by atoms with Crippen molar-refractivity contribution in [2.75, 3.05) is 5.32 Å². The van der Waals surface area contributed by atoms with E-state index >= 15 is 0 Å². The lowest BCUT2D eigenvalue weighted by Gasteiger charge is -2.13. The number of sulfonamides is 1. The normalized spacial score (nSPS) is 12.9. The van der Waals surface area contributed by atoms with Crippen molar-refractivity contribution in [3.8, 4) is 0 Å². The average molecular weight is 344 g/mol. The number of benzene rings is 2. The van der Waals surface area contributed by atoms with Crippen LogP contribution in [0.3, 0.4) is 0 Å². The van der Waals surface area contributed by atoms with Crippen LogP contribution in [0, 0.1) is 0 Å². The van der Waals surface area contributed by atoms with Crippen molar-refractivity contribution in [3.05, 3.63) is 60.7 Å². The highest BCUT2D eigenvalue weighted by Crippen LogP contribution is 2.22. The van der Waals surface area contributed by atoms with E-state index < -0.39 is 22.0 Å². The maximum absolute atomic E-state index is 12.4. The van der Waals surface area contributed by atoms with Gasteiger partial charge in [0.1, 0.15) is 5.58 Å². The second-order valence-electron chi connectivity index (χ2n) is 5.30. The summed E-state index contributed by atoms with van der Waals surface area (Å²) < 4.78 is 32.4. The van der Waals surface area contributed by atoms with Crippen molar-refractivity contribution in [1.82, 2.24) is 4.72 Å². The van der Waals surface area contributed by atoms with Crippen LogP contribution in [0.25, 0.3) is 11.0 Å². The van der Waals surface area contributed by atoms with Crippen LogP contribution in [-0.2, 0) is 14.8 Å². The Morgan fingerprint density at radius 1 is 1.04 bits per heavy atom. The molecule has 2 N–H and O–H groups in total. The highest BCUT2D eigenvalue weighted by molar-refractivity contribution is 7.89. The first kappa shape index (κ1) is 16.2. The quantitative estimate of drug-likeness (QED) is 0.745. The zero-order valence-electron chi connectivity index (χ0n) is 12.9. The summed E-state index contributed by atoms with van der Waals surface area (Å²) in [6.45, 7) is 1.47. The molecule has 24 heavy (non-hydrogen) atoms. The molecule has 3 aromatic rings. The molecule has 1 atom stereocenters. The van der Waals surface area contributed by atoms with Crippen molar-refractivity contribution < 1.29 is 17.6 Å². The summed E-state index contributed by atoms with van der Waals surface area (Å²) in [6, 6.07) is 16.3. The minimum Gasteiger partial charge on any atom is -0.443 e. The number of carbonyl (C=O) groups excluding carboxylic acids is 1. The monoisotopic (exact) mass is 344 g/mol. The van der Waals surface area contributed by atoms with E-state index in [1.165, 1.54) is 13.0 Å². The van der Waals surface area contributed by atoms with Crippen LogP contribution in [0.2, 0.25) is 0 Å². The lowest BCUT2D eigenvalue weighted by molar-refractivity contribution is -0.117. The minimum absolute atomic E-state index is 0.219. The zero-order valence-corrected chi connectivity index (χ0v) is 13.7. The predicted octanol–water partition coefficient (Wildman–Crippen LogP) is 2.74. The summed E-state index contributed by atoms with van der Waals surface area (Å²) in [5.74, 6) is -0.458. The summed E-state index contributed by atoms with van der Waals surface area (Å²) in [6.07, 6.45) is 0. The molecule has 1 amide bonds. The average Bonchev–Trinajstić information content (AvgIpc) is 3.00. The van der Waals surface area contributed by atoms with E-state index in [-0.39, 0.29) is 5.09 Å². The molecule has 7 heteroatoms. The van der Waals surface area contributed by atoms with E-state index in [2.05, 4.69) is 10.0 Å². The second kappa shape index (κ2) is 6.46. The fraction of sp³-hybridized carbons (Fsp3) is 0.118. The van der Waals surface area contributed by atoms with Crippen LogP contribution in [0.4, 0.5) is 5.69 Å². The van der Waals surface area contributed by atoms with Gasteiger partial charge in [0.05, 0.1) is 6.04 Å². The molecule has 0 fully saturated rings. The largest absolute Gasteiger partial charge is 0.443 e. The molecule has 0 saturated heterocycles. The van der Waals surface area contributed by atoms with Gasteiger partial charge >= 0.3 is 0 Å². The number of amides is 1. The molecule has 0 aliphatic rings. The van der Waals surface area contributed by atoms with Crippen molar-refractivity contribution in [3.63, 3.8) is 0 Å². The van der Waals surface area contributed by atoms with Gasteiger partial charge in [-0.15, -0.1) is 0 Å². The van der Waals surface area contributed by atoms with E-state index in [4.69, 9.17) is 4.42 Å². The number of anilines is 1. The van der Waals surface area contributed by atoms with Crippen molar-refractivity contribution >= 4 is 32.6 Å². The molecular formula is C17H16N2O4S. The van der Waals surface area contributed by atoms with Crippen LogP contribution < -0.4 is 10.0 Å². The molecule has 1 aromatic heterocycles. The van der Waals surface area contributed by atoms with Gasteiger partial charge < -0.3 is 9.73 Å². The summed E-state index contributed by atoms with van der Waals surface area (Å²) in [5.41, 5.74) is 1.07. The number of hydrogen-bond acceptors (Lipinski definition) is 4. The van der Waals surface area contributed by atoms with E-state index in [1.54, 1.807) is 48.5 Å². The maximum atomic E-state index is 12.4. The highest BCUT2D eigenvalue weighted by Gasteiger charge is 2.25. The SMILES string of the molecule is CC(NS(=O)(=O)c1cc2ccccc2o1)C(=O)Nc1ccccc1. The molecule has 1 heterocycles. The molecule has 0 radical (unpaired) electrons. The smallest absolute Gasteiger partial charge is 0.274 e. The van der Waals surface area contributed by atoms with Gasteiger partial charge in [0.2, 0.25) is 11.0 Å². The van der Waals surface area contributed by atoms with Crippen molar-refractivity contribution in [1.29, 1.82) is 0 Å². The Morgan fingerprint density at radius 2 is 1.71 bits per heavy atom. The summed E-state index contributed by atoms with van der Waals surface area (Å²) in [5, 5.41) is 3.11. The first-order valence-corrected chi connectivity index (χ1v) is 8.81. The van der Waals surface area contributed by atoms with Gasteiger partial charge in [0, 0.05) is 17.1 Å². The summed E-state index contributed by atoms with van der Waals surface area (Å²) in [4.78, 5) is 12.1. The molecule has 2 aromatic carbocycles. The Labute approximate surface area is 139 Å². The van der Waals surface area contributed by atoms with Gasteiger partial charge in [-0.1, -0.05) is 36.4 Å². The van der Waals surface area contributed by atoms with Gasteiger partial charge in [-0.2, -0.15) is 4.72 Å². The third-order valence-corrected chi connectivity index (χ3v) is 4.83. The molecule has 1 unspecified atom stereocenters. The van der Waals surface area contributed by atoms with Gasteiger partial charge in [-0.25, -0.2) is 8.42 Å². The first-order chi connectivity index (χ1) is 11.5. The summed E-state index contributed by atoms with van der Waals surface area (Å²) in [7, 11) is -3.94. The third kappa shape index (κ3) is 3.47. The molecule has 0 aliphatic heterocycles. The second-order valence-corrected chi connectivity index (χ2v) is 6.95. The Kier molecular flexibility index (Phi) is 4.37.